The Morgan fingerprint density at radius 1 is 0.319 bits per heavy atom. The highest BCUT2D eigenvalue weighted by Gasteiger charge is 2.30. The summed E-state index contributed by atoms with van der Waals surface area (Å²) >= 11 is 0. The fraction of sp³-hybridized carbons (Fsp3) is 0.944. The molecule has 0 saturated carbocycles. The van der Waals surface area contributed by atoms with Crippen LogP contribution >= 0.6 is 15.6 Å². The number of hydrogen-bond donors (Lipinski definition) is 3. The lowest BCUT2D eigenvalue weighted by Crippen LogP contribution is -2.30. The molecule has 3 N–H and O–H groups in total. The zero-order valence-corrected chi connectivity index (χ0v) is 61.1. The van der Waals surface area contributed by atoms with Gasteiger partial charge in [0.05, 0.1) is 26.4 Å². The molecule has 0 heterocycles. The largest absolute Gasteiger partial charge is 0.472 e. The van der Waals surface area contributed by atoms with Gasteiger partial charge in [-0.1, -0.05) is 312 Å². The topological polar surface area (TPSA) is 237 Å². The van der Waals surface area contributed by atoms with Gasteiger partial charge in [-0.05, 0) is 43.4 Å². The molecular weight excluding hydrogens is 1200 g/mol. The normalized spacial score (nSPS) is 14.5. The molecule has 540 valence electrons. The molecule has 3 unspecified atom stereocenters. The minimum atomic E-state index is -4.95. The van der Waals surface area contributed by atoms with Crippen molar-refractivity contribution in [3.63, 3.8) is 0 Å². The van der Waals surface area contributed by atoms with Crippen LogP contribution in [0.15, 0.2) is 0 Å². The fourth-order valence-electron chi connectivity index (χ4n) is 10.9. The molecule has 0 aromatic heterocycles. The molecule has 0 aliphatic rings. The van der Waals surface area contributed by atoms with E-state index in [-0.39, 0.29) is 25.7 Å². The molecule has 0 aromatic carbocycles. The molecule has 19 heteroatoms. The number of aliphatic hydroxyl groups excluding tert-OH is 1. The van der Waals surface area contributed by atoms with Gasteiger partial charge in [-0.2, -0.15) is 0 Å². The second-order valence-electron chi connectivity index (χ2n) is 27.2. The Morgan fingerprint density at radius 3 is 0.835 bits per heavy atom. The first-order valence-electron chi connectivity index (χ1n) is 37.4. The molecule has 0 aromatic rings. The first-order chi connectivity index (χ1) is 43.8. The number of carbonyl (C=O) groups excluding carboxylic acids is 4. The zero-order chi connectivity index (χ0) is 67.3. The van der Waals surface area contributed by atoms with E-state index in [1.165, 1.54) is 173 Å². The van der Waals surface area contributed by atoms with Crippen molar-refractivity contribution in [2.24, 2.45) is 17.8 Å². The van der Waals surface area contributed by atoms with Gasteiger partial charge in [0.25, 0.3) is 0 Å². The lowest BCUT2D eigenvalue weighted by Gasteiger charge is -2.21. The number of aliphatic hydroxyl groups is 1. The lowest BCUT2D eigenvalue weighted by atomic mass is 9.99. The van der Waals surface area contributed by atoms with Crippen molar-refractivity contribution in [1.82, 2.24) is 0 Å². The monoisotopic (exact) mass is 1340 g/mol. The lowest BCUT2D eigenvalue weighted by molar-refractivity contribution is -0.161. The molecule has 0 bridgehead atoms. The van der Waals surface area contributed by atoms with Crippen LogP contribution in [0, 0.1) is 17.8 Å². The Hall–Kier alpha value is -1.94. The summed E-state index contributed by atoms with van der Waals surface area (Å²) < 4.78 is 68.3. The van der Waals surface area contributed by atoms with Crippen molar-refractivity contribution in [3.05, 3.63) is 0 Å². The van der Waals surface area contributed by atoms with E-state index < -0.39 is 97.5 Å². The van der Waals surface area contributed by atoms with Gasteiger partial charge in [-0.25, -0.2) is 9.13 Å². The smallest absolute Gasteiger partial charge is 0.462 e. The van der Waals surface area contributed by atoms with Crippen molar-refractivity contribution < 1.29 is 80.2 Å². The molecule has 0 aliphatic heterocycles. The molecule has 0 radical (unpaired) electrons. The maximum Gasteiger partial charge on any atom is 0.472 e. The van der Waals surface area contributed by atoms with Crippen LogP contribution in [0.4, 0.5) is 0 Å². The number of esters is 4. The van der Waals surface area contributed by atoms with Crippen LogP contribution in [0.1, 0.15) is 363 Å². The molecule has 17 nitrogen and oxygen atoms in total. The summed E-state index contributed by atoms with van der Waals surface area (Å²) in [6.07, 6.45) is 47.1. The van der Waals surface area contributed by atoms with Gasteiger partial charge in [0.15, 0.2) is 12.2 Å². The Balaban J connectivity index is 5.24. The van der Waals surface area contributed by atoms with Crippen molar-refractivity contribution in [3.8, 4) is 0 Å². The molecule has 0 saturated heterocycles. The minimum Gasteiger partial charge on any atom is -0.462 e. The molecule has 6 atom stereocenters. The van der Waals surface area contributed by atoms with Crippen LogP contribution in [0.25, 0.3) is 0 Å². The van der Waals surface area contributed by atoms with Gasteiger partial charge >= 0.3 is 39.5 Å². The summed E-state index contributed by atoms with van der Waals surface area (Å²) in [4.78, 5) is 72.6. The standard InChI is InChI=1S/C72H140O17P2/c1-8-10-11-12-13-22-32-39-46-53-69(74)82-59-68(89-72(77)56-49-42-35-28-27-30-37-44-51-64(5)6)62-87-91(80,81)85-58-66(73)57-84-90(78,79)86-61-67(60-83-70(75)54-47-40-33-25-21-20-24-31-38-45-52-65(7)9-2)88-71(76)55-48-41-34-26-19-17-15-14-16-18-23-29-36-43-50-63(3)4/h63-68,73H,8-62H2,1-7H3,(H,78,79)(H,80,81)/t65?,66-,67-,68-/m1/s1. The second kappa shape index (κ2) is 62.8. The van der Waals surface area contributed by atoms with Crippen molar-refractivity contribution in [2.75, 3.05) is 39.6 Å². The van der Waals surface area contributed by atoms with Crippen LogP contribution in [0.3, 0.4) is 0 Å². The number of unbranched alkanes of at least 4 members (excludes halogenated alkanes) is 37. The van der Waals surface area contributed by atoms with Gasteiger partial charge in [-0.15, -0.1) is 0 Å². The summed E-state index contributed by atoms with van der Waals surface area (Å²) in [5.41, 5.74) is 0. The average molecular weight is 1340 g/mol. The molecule has 0 aliphatic carbocycles. The van der Waals surface area contributed by atoms with E-state index >= 15 is 0 Å². The predicted octanol–water partition coefficient (Wildman–Crippen LogP) is 20.6. The summed E-state index contributed by atoms with van der Waals surface area (Å²) in [7, 11) is -9.90. The van der Waals surface area contributed by atoms with Crippen LogP contribution in [-0.2, 0) is 65.4 Å². The Kier molecular flexibility index (Phi) is 61.5. The van der Waals surface area contributed by atoms with Crippen molar-refractivity contribution in [2.45, 2.75) is 381 Å². The third-order valence-electron chi connectivity index (χ3n) is 17.0. The number of carbonyl (C=O) groups is 4. The maximum absolute atomic E-state index is 13.0. The van der Waals surface area contributed by atoms with Crippen molar-refractivity contribution >= 4 is 39.5 Å². The Morgan fingerprint density at radius 2 is 0.560 bits per heavy atom. The first kappa shape index (κ1) is 89.1. The van der Waals surface area contributed by atoms with Gasteiger partial charge in [0, 0.05) is 25.7 Å². The highest BCUT2D eigenvalue weighted by atomic mass is 31.2. The molecule has 0 fully saturated rings. The number of rotatable bonds is 70. The summed E-state index contributed by atoms with van der Waals surface area (Å²) in [6.45, 7) is 11.9. The third kappa shape index (κ3) is 65.1. The third-order valence-corrected chi connectivity index (χ3v) is 18.9. The quantitative estimate of drug-likeness (QED) is 0.0222. The van der Waals surface area contributed by atoms with Crippen LogP contribution in [0.5, 0.6) is 0 Å². The van der Waals surface area contributed by atoms with E-state index in [4.69, 9.17) is 37.0 Å². The fourth-order valence-corrected chi connectivity index (χ4v) is 12.4. The molecular formula is C72H140O17P2. The van der Waals surface area contributed by atoms with E-state index in [1.807, 2.05) is 0 Å². The number of phosphoric ester groups is 2. The second-order valence-corrected chi connectivity index (χ2v) is 30.1. The van der Waals surface area contributed by atoms with Gasteiger partial charge in [0.1, 0.15) is 19.3 Å². The highest BCUT2D eigenvalue weighted by molar-refractivity contribution is 7.47. The van der Waals surface area contributed by atoms with Crippen LogP contribution in [0.2, 0.25) is 0 Å². The number of hydrogen-bond acceptors (Lipinski definition) is 15. The van der Waals surface area contributed by atoms with Crippen LogP contribution < -0.4 is 0 Å². The molecule has 0 amide bonds. The van der Waals surface area contributed by atoms with Gasteiger partial charge < -0.3 is 33.8 Å². The van der Waals surface area contributed by atoms with E-state index in [9.17, 15) is 43.2 Å². The molecule has 91 heavy (non-hydrogen) atoms. The van der Waals surface area contributed by atoms with Gasteiger partial charge in [0.2, 0.25) is 0 Å². The summed E-state index contributed by atoms with van der Waals surface area (Å²) in [5.74, 6) is 0.198. The van der Waals surface area contributed by atoms with E-state index in [0.29, 0.717) is 25.7 Å². The van der Waals surface area contributed by atoms with E-state index in [1.54, 1.807) is 0 Å². The molecule has 0 rings (SSSR count). The zero-order valence-electron chi connectivity index (χ0n) is 59.3. The molecule has 0 spiro atoms. The maximum atomic E-state index is 13.0. The predicted molar refractivity (Wildman–Crippen MR) is 368 cm³/mol. The number of phosphoric acid groups is 2. The SMILES string of the molecule is CCCCCCCCCCCC(=O)OC[C@H](COP(=O)(O)OC[C@H](O)COP(=O)(O)OC[C@@H](COC(=O)CCCCCCCCCCCCC(C)CC)OC(=O)CCCCCCCCCCCCCCCCC(C)C)OC(=O)CCCCCCCCCCC(C)C. The van der Waals surface area contributed by atoms with Crippen LogP contribution in [-0.4, -0.2) is 96.7 Å². The number of ether oxygens (including phenoxy) is 4. The van der Waals surface area contributed by atoms with E-state index in [0.717, 1.165) is 108 Å². The van der Waals surface area contributed by atoms with E-state index in [2.05, 4.69) is 48.5 Å². The highest BCUT2D eigenvalue weighted by Crippen LogP contribution is 2.45. The average Bonchev–Trinajstić information content (AvgIpc) is 3.58. The van der Waals surface area contributed by atoms with Crippen molar-refractivity contribution in [1.29, 1.82) is 0 Å². The summed E-state index contributed by atoms with van der Waals surface area (Å²) in [5, 5.41) is 10.6. The summed E-state index contributed by atoms with van der Waals surface area (Å²) in [6, 6.07) is 0. The first-order valence-corrected chi connectivity index (χ1v) is 40.4. The minimum absolute atomic E-state index is 0.104. The Bertz CT molecular complexity index is 1790. The Labute approximate surface area is 556 Å². The van der Waals surface area contributed by atoms with Gasteiger partial charge in [-0.3, -0.25) is 37.3 Å².